The van der Waals surface area contributed by atoms with E-state index >= 15 is 0 Å². The van der Waals surface area contributed by atoms with E-state index < -0.39 is 0 Å². The number of hydrogen-bond donors (Lipinski definition) is 2. The second kappa shape index (κ2) is 8.59. The van der Waals surface area contributed by atoms with Crippen LogP contribution in [0.5, 0.6) is 0 Å². The van der Waals surface area contributed by atoms with Crippen molar-refractivity contribution in [3.8, 4) is 0 Å². The van der Waals surface area contributed by atoms with Gasteiger partial charge in [-0.1, -0.05) is 6.92 Å². The average molecular weight is 277 g/mol. The molecule has 0 aliphatic rings. The van der Waals surface area contributed by atoms with Crippen LogP contribution >= 0.6 is 0 Å². The highest BCUT2D eigenvalue weighted by Gasteiger charge is 2.08. The van der Waals surface area contributed by atoms with Crippen molar-refractivity contribution in [1.29, 1.82) is 0 Å². The van der Waals surface area contributed by atoms with Crippen LogP contribution in [0.2, 0.25) is 0 Å². The second-order valence-corrected chi connectivity index (χ2v) is 5.15. The van der Waals surface area contributed by atoms with Gasteiger partial charge in [0.15, 0.2) is 0 Å². The van der Waals surface area contributed by atoms with Crippen molar-refractivity contribution in [2.75, 3.05) is 29.9 Å². The molecule has 1 aromatic rings. The van der Waals surface area contributed by atoms with Crippen LogP contribution in [0.4, 0.5) is 11.4 Å². The third kappa shape index (κ3) is 5.21. The molecule has 0 unspecified atom stereocenters. The molecule has 112 valence electrons. The molecule has 0 radical (unpaired) electrons. The summed E-state index contributed by atoms with van der Waals surface area (Å²) in [7, 11) is 0. The van der Waals surface area contributed by atoms with E-state index in [0.29, 0.717) is 12.6 Å². The molecule has 1 rings (SSSR count). The van der Waals surface area contributed by atoms with Gasteiger partial charge in [0.2, 0.25) is 5.91 Å². The van der Waals surface area contributed by atoms with Crippen molar-refractivity contribution in [3.63, 3.8) is 0 Å². The SMILES string of the molecule is CCCNCC(=O)Nc1ccc(N(CC)C(C)C)cc1. The third-order valence-electron chi connectivity index (χ3n) is 3.16. The molecule has 0 aliphatic carbocycles. The molecule has 0 bridgehead atoms. The van der Waals surface area contributed by atoms with Crippen LogP contribution in [0.15, 0.2) is 24.3 Å². The molecular weight excluding hydrogens is 250 g/mol. The fourth-order valence-corrected chi connectivity index (χ4v) is 2.17. The first kappa shape index (κ1) is 16.5. The standard InChI is InChI=1S/C16H27N3O/c1-5-11-17-12-16(20)18-14-7-9-15(10-8-14)19(6-2)13(3)4/h7-10,13,17H,5-6,11-12H2,1-4H3,(H,18,20). The van der Waals surface area contributed by atoms with Gasteiger partial charge in [0.25, 0.3) is 0 Å². The minimum atomic E-state index is 0.00223. The van der Waals surface area contributed by atoms with Gasteiger partial charge < -0.3 is 15.5 Å². The molecular formula is C16H27N3O. The molecule has 4 nitrogen and oxygen atoms in total. The van der Waals surface area contributed by atoms with Gasteiger partial charge in [-0.05, 0) is 58.0 Å². The Morgan fingerprint density at radius 1 is 1.20 bits per heavy atom. The number of carbonyl (C=O) groups is 1. The maximum atomic E-state index is 11.7. The van der Waals surface area contributed by atoms with E-state index in [1.165, 1.54) is 5.69 Å². The number of anilines is 2. The van der Waals surface area contributed by atoms with Crippen LogP contribution in [0.25, 0.3) is 0 Å². The predicted molar refractivity (Wildman–Crippen MR) is 86.4 cm³/mol. The van der Waals surface area contributed by atoms with Gasteiger partial charge in [0, 0.05) is 24.0 Å². The molecule has 0 aromatic heterocycles. The molecule has 0 atom stereocenters. The minimum Gasteiger partial charge on any atom is -0.369 e. The summed E-state index contributed by atoms with van der Waals surface area (Å²) in [5, 5.41) is 5.98. The van der Waals surface area contributed by atoms with E-state index in [2.05, 4.69) is 55.4 Å². The number of carbonyl (C=O) groups excluding carboxylic acids is 1. The zero-order chi connectivity index (χ0) is 15.0. The maximum absolute atomic E-state index is 11.7. The Kier molecular flexibility index (Phi) is 7.09. The molecule has 2 N–H and O–H groups in total. The Bertz CT molecular complexity index is 401. The van der Waals surface area contributed by atoms with Crippen LogP contribution in [0.1, 0.15) is 34.1 Å². The first-order valence-corrected chi connectivity index (χ1v) is 7.45. The Labute approximate surface area is 122 Å². The first-order valence-electron chi connectivity index (χ1n) is 7.45. The van der Waals surface area contributed by atoms with Crippen LogP contribution in [-0.4, -0.2) is 31.6 Å². The number of benzene rings is 1. The van der Waals surface area contributed by atoms with E-state index in [0.717, 1.165) is 25.2 Å². The topological polar surface area (TPSA) is 44.4 Å². The third-order valence-corrected chi connectivity index (χ3v) is 3.16. The minimum absolute atomic E-state index is 0.00223. The zero-order valence-corrected chi connectivity index (χ0v) is 13.1. The summed E-state index contributed by atoms with van der Waals surface area (Å²) >= 11 is 0. The van der Waals surface area contributed by atoms with E-state index in [4.69, 9.17) is 0 Å². The van der Waals surface area contributed by atoms with E-state index in [1.54, 1.807) is 0 Å². The number of nitrogens with zero attached hydrogens (tertiary/aromatic N) is 1. The van der Waals surface area contributed by atoms with Crippen molar-refractivity contribution in [1.82, 2.24) is 5.32 Å². The van der Waals surface area contributed by atoms with E-state index in [-0.39, 0.29) is 5.91 Å². The van der Waals surface area contributed by atoms with Crippen molar-refractivity contribution in [2.24, 2.45) is 0 Å². The molecule has 0 aliphatic heterocycles. The summed E-state index contributed by atoms with van der Waals surface area (Å²) in [4.78, 5) is 14.0. The smallest absolute Gasteiger partial charge is 0.238 e. The lowest BCUT2D eigenvalue weighted by Gasteiger charge is -2.27. The summed E-state index contributed by atoms with van der Waals surface area (Å²) in [6.07, 6.45) is 1.03. The van der Waals surface area contributed by atoms with Crippen LogP contribution in [-0.2, 0) is 4.79 Å². The summed E-state index contributed by atoms with van der Waals surface area (Å²) in [6, 6.07) is 8.49. The largest absolute Gasteiger partial charge is 0.369 e. The molecule has 0 fully saturated rings. The summed E-state index contributed by atoms with van der Waals surface area (Å²) in [5.41, 5.74) is 2.03. The molecule has 20 heavy (non-hydrogen) atoms. The Morgan fingerprint density at radius 2 is 1.85 bits per heavy atom. The lowest BCUT2D eigenvalue weighted by atomic mass is 10.2. The maximum Gasteiger partial charge on any atom is 0.238 e. The number of amides is 1. The Morgan fingerprint density at radius 3 is 2.35 bits per heavy atom. The van der Waals surface area contributed by atoms with Gasteiger partial charge in [0.05, 0.1) is 6.54 Å². The van der Waals surface area contributed by atoms with Crippen molar-refractivity contribution < 1.29 is 4.79 Å². The van der Waals surface area contributed by atoms with Crippen molar-refractivity contribution in [3.05, 3.63) is 24.3 Å². The number of nitrogens with one attached hydrogen (secondary N) is 2. The summed E-state index contributed by atoms with van der Waals surface area (Å²) in [5.74, 6) is 0.00223. The predicted octanol–water partition coefficient (Wildman–Crippen LogP) is 2.86. The number of rotatable bonds is 8. The quantitative estimate of drug-likeness (QED) is 0.718. The fraction of sp³-hybridized carbons (Fsp3) is 0.562. The molecule has 0 heterocycles. The fourth-order valence-electron chi connectivity index (χ4n) is 2.17. The summed E-state index contributed by atoms with van der Waals surface area (Å²) < 4.78 is 0. The van der Waals surface area contributed by atoms with Gasteiger partial charge in [-0.3, -0.25) is 4.79 Å². The lowest BCUT2D eigenvalue weighted by Crippen LogP contribution is -2.30. The summed E-state index contributed by atoms with van der Waals surface area (Å²) in [6.45, 7) is 10.8. The van der Waals surface area contributed by atoms with Crippen LogP contribution in [0, 0.1) is 0 Å². The van der Waals surface area contributed by atoms with E-state index in [1.807, 2.05) is 12.1 Å². The van der Waals surface area contributed by atoms with Crippen LogP contribution < -0.4 is 15.5 Å². The first-order chi connectivity index (χ1) is 9.58. The molecule has 1 amide bonds. The van der Waals surface area contributed by atoms with Gasteiger partial charge in [-0.2, -0.15) is 0 Å². The highest BCUT2D eigenvalue weighted by molar-refractivity contribution is 5.92. The van der Waals surface area contributed by atoms with Gasteiger partial charge in [0.1, 0.15) is 0 Å². The van der Waals surface area contributed by atoms with Crippen molar-refractivity contribution in [2.45, 2.75) is 40.2 Å². The van der Waals surface area contributed by atoms with Crippen molar-refractivity contribution >= 4 is 17.3 Å². The second-order valence-electron chi connectivity index (χ2n) is 5.15. The van der Waals surface area contributed by atoms with Gasteiger partial charge in [-0.15, -0.1) is 0 Å². The highest BCUT2D eigenvalue weighted by Crippen LogP contribution is 2.19. The van der Waals surface area contributed by atoms with Crippen LogP contribution in [0.3, 0.4) is 0 Å². The van der Waals surface area contributed by atoms with Gasteiger partial charge >= 0.3 is 0 Å². The lowest BCUT2D eigenvalue weighted by molar-refractivity contribution is -0.115. The molecule has 1 aromatic carbocycles. The monoisotopic (exact) mass is 277 g/mol. The average Bonchev–Trinajstić information content (AvgIpc) is 2.41. The Hall–Kier alpha value is -1.55. The Balaban J connectivity index is 2.56. The zero-order valence-electron chi connectivity index (χ0n) is 13.1. The normalized spacial score (nSPS) is 10.7. The molecule has 0 saturated heterocycles. The molecule has 0 saturated carbocycles. The number of hydrogen-bond acceptors (Lipinski definition) is 3. The molecule has 0 spiro atoms. The molecule has 4 heteroatoms. The van der Waals surface area contributed by atoms with Gasteiger partial charge in [-0.25, -0.2) is 0 Å². The van der Waals surface area contributed by atoms with E-state index in [9.17, 15) is 4.79 Å². The highest BCUT2D eigenvalue weighted by atomic mass is 16.1.